The Hall–Kier alpha value is -2.61. The van der Waals surface area contributed by atoms with E-state index in [2.05, 4.69) is 5.32 Å². The van der Waals surface area contributed by atoms with E-state index in [1.807, 2.05) is 6.07 Å². The molecule has 3 rings (SSSR count). The molecule has 1 amide bonds. The second kappa shape index (κ2) is 6.95. The predicted octanol–water partition coefficient (Wildman–Crippen LogP) is 1.39. The number of hydrogen-bond donors (Lipinski definition) is 2. The minimum absolute atomic E-state index is 0.0354. The third-order valence-corrected chi connectivity index (χ3v) is 6.12. The maximum Gasteiger partial charge on any atom is 0.342 e. The van der Waals surface area contributed by atoms with Crippen LogP contribution in [0.25, 0.3) is 10.8 Å². The summed E-state index contributed by atoms with van der Waals surface area (Å²) < 4.78 is 28.0. The van der Waals surface area contributed by atoms with Crippen molar-refractivity contribution in [2.45, 2.75) is 25.5 Å². The van der Waals surface area contributed by atoms with Gasteiger partial charge in [-0.1, -0.05) is 30.3 Å². The lowest BCUT2D eigenvalue weighted by molar-refractivity contribution is -0.129. The number of rotatable bonds is 4. The van der Waals surface area contributed by atoms with Gasteiger partial charge in [0.15, 0.2) is 15.9 Å². The third-order valence-electron chi connectivity index (χ3n) is 4.35. The second-order valence-electron chi connectivity index (χ2n) is 6.34. The number of benzene rings is 2. The number of nitrogens with one attached hydrogen (secondary N) is 1. The van der Waals surface area contributed by atoms with E-state index >= 15 is 0 Å². The summed E-state index contributed by atoms with van der Waals surface area (Å²) in [7, 11) is -3.11. The maximum atomic E-state index is 12.3. The van der Waals surface area contributed by atoms with Crippen molar-refractivity contribution in [2.75, 3.05) is 11.5 Å². The molecule has 0 saturated carbocycles. The van der Waals surface area contributed by atoms with Gasteiger partial charge >= 0.3 is 5.97 Å². The Balaban J connectivity index is 1.67. The van der Waals surface area contributed by atoms with Crippen LogP contribution in [0.3, 0.4) is 0 Å². The molecule has 26 heavy (non-hydrogen) atoms. The van der Waals surface area contributed by atoms with Crippen molar-refractivity contribution in [1.82, 2.24) is 5.32 Å². The number of amides is 1. The van der Waals surface area contributed by atoms with Crippen LogP contribution < -0.4 is 5.32 Å². The fourth-order valence-electron chi connectivity index (χ4n) is 2.92. The summed E-state index contributed by atoms with van der Waals surface area (Å²) in [4.78, 5) is 24.4. The minimum Gasteiger partial charge on any atom is -0.506 e. The Bertz CT molecular complexity index is 969. The van der Waals surface area contributed by atoms with Crippen LogP contribution in [0, 0.1) is 0 Å². The maximum absolute atomic E-state index is 12.3. The van der Waals surface area contributed by atoms with Gasteiger partial charge in [0, 0.05) is 11.4 Å². The van der Waals surface area contributed by atoms with Crippen LogP contribution in [0.15, 0.2) is 36.4 Å². The lowest BCUT2D eigenvalue weighted by Gasteiger charge is -2.17. The van der Waals surface area contributed by atoms with E-state index in [0.29, 0.717) is 11.8 Å². The van der Waals surface area contributed by atoms with Crippen LogP contribution in [0.5, 0.6) is 5.75 Å². The summed E-state index contributed by atoms with van der Waals surface area (Å²) >= 11 is 0. The van der Waals surface area contributed by atoms with E-state index in [-0.39, 0.29) is 22.8 Å². The first-order chi connectivity index (χ1) is 12.3. The smallest absolute Gasteiger partial charge is 0.342 e. The molecule has 1 heterocycles. The molecular weight excluding hydrogens is 358 g/mol. The third kappa shape index (κ3) is 3.80. The predicted molar refractivity (Wildman–Crippen MR) is 95.7 cm³/mol. The summed E-state index contributed by atoms with van der Waals surface area (Å²) in [6.45, 7) is 1.40. The number of fused-ring (bicyclic) bond motifs is 1. The van der Waals surface area contributed by atoms with E-state index in [4.69, 9.17) is 4.74 Å². The number of hydrogen-bond acceptors (Lipinski definition) is 6. The van der Waals surface area contributed by atoms with E-state index < -0.39 is 33.9 Å². The summed E-state index contributed by atoms with van der Waals surface area (Å²) in [6, 6.07) is 9.68. The first-order valence-electron chi connectivity index (χ1n) is 8.19. The average molecular weight is 377 g/mol. The number of carbonyl (C=O) groups excluding carboxylic acids is 2. The van der Waals surface area contributed by atoms with Crippen molar-refractivity contribution >= 4 is 32.5 Å². The lowest BCUT2D eigenvalue weighted by atomic mass is 10.1. The van der Waals surface area contributed by atoms with E-state index in [0.717, 1.165) is 5.39 Å². The minimum atomic E-state index is -3.11. The normalized spacial score (nSPS) is 19.8. The van der Waals surface area contributed by atoms with Gasteiger partial charge in [-0.2, -0.15) is 0 Å². The van der Waals surface area contributed by atoms with Gasteiger partial charge < -0.3 is 15.2 Å². The molecule has 138 valence electrons. The Morgan fingerprint density at radius 2 is 1.96 bits per heavy atom. The highest BCUT2D eigenvalue weighted by Crippen LogP contribution is 2.29. The van der Waals surface area contributed by atoms with E-state index in [9.17, 15) is 23.1 Å². The molecule has 7 nitrogen and oxygen atoms in total. The Morgan fingerprint density at radius 3 is 2.65 bits per heavy atom. The van der Waals surface area contributed by atoms with Gasteiger partial charge in [-0.15, -0.1) is 0 Å². The van der Waals surface area contributed by atoms with Gasteiger partial charge in [0.25, 0.3) is 5.91 Å². The van der Waals surface area contributed by atoms with Crippen molar-refractivity contribution in [3.05, 3.63) is 42.0 Å². The molecule has 1 fully saturated rings. The van der Waals surface area contributed by atoms with Crippen LogP contribution in [-0.4, -0.2) is 49.1 Å². The van der Waals surface area contributed by atoms with Crippen LogP contribution in [0.4, 0.5) is 0 Å². The number of ether oxygens (including phenoxy) is 1. The number of aromatic hydroxyl groups is 1. The number of phenols is 1. The summed E-state index contributed by atoms with van der Waals surface area (Å²) in [5, 5.41) is 14.2. The molecule has 1 aliphatic rings. The highest BCUT2D eigenvalue weighted by Gasteiger charge is 2.31. The second-order valence-corrected chi connectivity index (χ2v) is 8.57. The van der Waals surface area contributed by atoms with Crippen LogP contribution >= 0.6 is 0 Å². The van der Waals surface area contributed by atoms with Gasteiger partial charge in [-0.05, 0) is 24.8 Å². The van der Waals surface area contributed by atoms with Gasteiger partial charge in [0.1, 0.15) is 11.3 Å². The standard InChI is InChI=1S/C18H19NO6S/c1-11(17(21)19-13-8-9-26(23,24)10-13)25-18(22)15-7-6-12-4-2-3-5-14(12)16(15)20/h2-7,11,13,20H,8-10H2,1H3,(H,19,21)/t11-,13+/m0/s1. The molecule has 2 aromatic carbocycles. The Kier molecular flexibility index (Phi) is 4.86. The number of sulfone groups is 1. The molecule has 1 saturated heterocycles. The highest BCUT2D eigenvalue weighted by atomic mass is 32.2. The molecule has 2 N–H and O–H groups in total. The SMILES string of the molecule is C[C@H](OC(=O)c1ccc2ccccc2c1O)C(=O)N[C@@H]1CCS(=O)(=O)C1. The molecule has 0 aromatic heterocycles. The molecule has 0 unspecified atom stereocenters. The zero-order chi connectivity index (χ0) is 18.9. The highest BCUT2D eigenvalue weighted by molar-refractivity contribution is 7.91. The number of carbonyl (C=O) groups is 2. The molecule has 0 bridgehead atoms. The van der Waals surface area contributed by atoms with Gasteiger partial charge in [0.05, 0.1) is 11.5 Å². The monoisotopic (exact) mass is 377 g/mol. The largest absolute Gasteiger partial charge is 0.506 e. The molecule has 2 aromatic rings. The van der Waals surface area contributed by atoms with Crippen LogP contribution in [0.2, 0.25) is 0 Å². The zero-order valence-electron chi connectivity index (χ0n) is 14.1. The van der Waals surface area contributed by atoms with Crippen molar-refractivity contribution in [2.24, 2.45) is 0 Å². The van der Waals surface area contributed by atoms with Gasteiger partial charge in [-0.25, -0.2) is 13.2 Å². The van der Waals surface area contributed by atoms with Gasteiger partial charge in [0.2, 0.25) is 0 Å². The summed E-state index contributed by atoms with van der Waals surface area (Å²) in [6.07, 6.45) is -0.767. The van der Waals surface area contributed by atoms with Gasteiger partial charge in [-0.3, -0.25) is 4.79 Å². The zero-order valence-corrected chi connectivity index (χ0v) is 15.0. The number of phenolic OH excluding ortho intramolecular Hbond substituents is 1. The molecule has 0 spiro atoms. The summed E-state index contributed by atoms with van der Waals surface area (Å²) in [5.74, 6) is -1.67. The topological polar surface area (TPSA) is 110 Å². The van der Waals surface area contributed by atoms with Crippen LogP contribution in [-0.2, 0) is 19.4 Å². The van der Waals surface area contributed by atoms with Crippen molar-refractivity contribution in [3.8, 4) is 5.75 Å². The summed E-state index contributed by atoms with van der Waals surface area (Å²) in [5.41, 5.74) is -0.0354. The molecule has 1 aliphatic heterocycles. The first-order valence-corrected chi connectivity index (χ1v) is 10.0. The van der Waals surface area contributed by atoms with Crippen molar-refractivity contribution < 1.29 is 27.9 Å². The fraction of sp³-hybridized carbons (Fsp3) is 0.333. The average Bonchev–Trinajstić information content (AvgIpc) is 2.93. The van der Waals surface area contributed by atoms with E-state index in [1.165, 1.54) is 13.0 Å². The molecule has 0 radical (unpaired) electrons. The molecular formula is C18H19NO6S. The number of esters is 1. The quantitative estimate of drug-likeness (QED) is 0.780. The van der Waals surface area contributed by atoms with Crippen molar-refractivity contribution in [3.63, 3.8) is 0 Å². The van der Waals surface area contributed by atoms with E-state index in [1.54, 1.807) is 24.3 Å². The first kappa shape index (κ1) is 18.2. The Morgan fingerprint density at radius 1 is 1.23 bits per heavy atom. The fourth-order valence-corrected chi connectivity index (χ4v) is 4.60. The Labute approximate surface area is 150 Å². The molecule has 8 heteroatoms. The molecule has 2 atom stereocenters. The van der Waals surface area contributed by atoms with Crippen LogP contribution in [0.1, 0.15) is 23.7 Å². The van der Waals surface area contributed by atoms with Crippen molar-refractivity contribution in [1.29, 1.82) is 0 Å². The lowest BCUT2D eigenvalue weighted by Crippen LogP contribution is -2.42. The molecule has 0 aliphatic carbocycles.